The SMILES string of the molecule is CN1Cc2cncnc2C(C)(C)C1=O. The van der Waals surface area contributed by atoms with E-state index in [-0.39, 0.29) is 5.91 Å². The van der Waals surface area contributed by atoms with Crippen LogP contribution in [0.15, 0.2) is 12.5 Å². The molecule has 4 nitrogen and oxygen atoms in total. The molecule has 0 saturated heterocycles. The van der Waals surface area contributed by atoms with Gasteiger partial charge in [0.1, 0.15) is 6.33 Å². The molecule has 14 heavy (non-hydrogen) atoms. The topological polar surface area (TPSA) is 46.1 Å². The van der Waals surface area contributed by atoms with E-state index in [0.717, 1.165) is 11.3 Å². The molecule has 0 saturated carbocycles. The molecule has 1 aliphatic rings. The van der Waals surface area contributed by atoms with E-state index in [2.05, 4.69) is 9.97 Å². The molecule has 1 aromatic heterocycles. The van der Waals surface area contributed by atoms with Crippen molar-refractivity contribution in [3.8, 4) is 0 Å². The van der Waals surface area contributed by atoms with Crippen LogP contribution >= 0.6 is 0 Å². The smallest absolute Gasteiger partial charge is 0.234 e. The lowest BCUT2D eigenvalue weighted by atomic mass is 9.82. The number of hydrogen-bond acceptors (Lipinski definition) is 3. The molecule has 74 valence electrons. The quantitative estimate of drug-likeness (QED) is 0.607. The molecule has 0 aliphatic carbocycles. The Bertz CT molecular complexity index is 387. The Morgan fingerprint density at radius 1 is 1.50 bits per heavy atom. The first-order valence-electron chi connectivity index (χ1n) is 4.58. The summed E-state index contributed by atoms with van der Waals surface area (Å²) in [5, 5.41) is 0. The summed E-state index contributed by atoms with van der Waals surface area (Å²) >= 11 is 0. The molecule has 0 atom stereocenters. The van der Waals surface area contributed by atoms with Crippen LogP contribution in [-0.4, -0.2) is 27.8 Å². The highest BCUT2D eigenvalue weighted by Crippen LogP contribution is 2.31. The summed E-state index contributed by atoms with van der Waals surface area (Å²) in [6.45, 7) is 4.41. The first-order chi connectivity index (χ1) is 6.53. The second-order valence-corrected chi connectivity index (χ2v) is 4.18. The largest absolute Gasteiger partial charge is 0.340 e. The maximum Gasteiger partial charge on any atom is 0.234 e. The molecule has 1 amide bonds. The number of rotatable bonds is 0. The third-order valence-corrected chi connectivity index (χ3v) is 2.67. The normalized spacial score (nSPS) is 19.4. The summed E-state index contributed by atoms with van der Waals surface area (Å²) in [6.07, 6.45) is 3.28. The number of nitrogens with zero attached hydrogens (tertiary/aromatic N) is 3. The molecule has 0 bridgehead atoms. The summed E-state index contributed by atoms with van der Waals surface area (Å²) in [6, 6.07) is 0. The van der Waals surface area contributed by atoms with Gasteiger partial charge in [-0.2, -0.15) is 0 Å². The van der Waals surface area contributed by atoms with Crippen molar-refractivity contribution >= 4 is 5.91 Å². The summed E-state index contributed by atoms with van der Waals surface area (Å²) < 4.78 is 0. The van der Waals surface area contributed by atoms with Crippen LogP contribution in [0.4, 0.5) is 0 Å². The molecule has 0 unspecified atom stereocenters. The van der Waals surface area contributed by atoms with E-state index in [1.165, 1.54) is 6.33 Å². The van der Waals surface area contributed by atoms with Gasteiger partial charge in [-0.25, -0.2) is 9.97 Å². The minimum absolute atomic E-state index is 0.115. The third kappa shape index (κ3) is 1.10. The third-order valence-electron chi connectivity index (χ3n) is 2.67. The molecule has 0 spiro atoms. The minimum Gasteiger partial charge on any atom is -0.340 e. The van der Waals surface area contributed by atoms with Crippen LogP contribution in [0, 0.1) is 0 Å². The molecular formula is C10H13N3O. The Hall–Kier alpha value is -1.45. The zero-order chi connectivity index (χ0) is 10.3. The van der Waals surface area contributed by atoms with Gasteiger partial charge in [-0.05, 0) is 13.8 Å². The fourth-order valence-corrected chi connectivity index (χ4v) is 1.94. The van der Waals surface area contributed by atoms with Crippen molar-refractivity contribution in [1.82, 2.24) is 14.9 Å². The van der Waals surface area contributed by atoms with Crippen molar-refractivity contribution in [2.45, 2.75) is 25.8 Å². The summed E-state index contributed by atoms with van der Waals surface area (Å²) in [5.41, 5.74) is 1.38. The molecule has 2 heterocycles. The molecule has 2 rings (SSSR count). The predicted octanol–water partition coefficient (Wildman–Crippen LogP) is 0.726. The molecule has 1 aromatic rings. The molecule has 0 N–H and O–H groups in total. The van der Waals surface area contributed by atoms with Gasteiger partial charge >= 0.3 is 0 Å². The van der Waals surface area contributed by atoms with Gasteiger partial charge in [0.15, 0.2) is 0 Å². The molecule has 0 fully saturated rings. The lowest BCUT2D eigenvalue weighted by Crippen LogP contribution is -2.46. The van der Waals surface area contributed by atoms with Gasteiger partial charge < -0.3 is 4.90 Å². The first kappa shape index (κ1) is 9.12. The van der Waals surface area contributed by atoms with Gasteiger partial charge in [-0.3, -0.25) is 4.79 Å². The molecule has 0 radical (unpaired) electrons. The maximum atomic E-state index is 11.9. The molecular weight excluding hydrogens is 178 g/mol. The Labute approximate surface area is 83.0 Å². The van der Waals surface area contributed by atoms with Gasteiger partial charge in [-0.15, -0.1) is 0 Å². The van der Waals surface area contributed by atoms with Crippen LogP contribution in [0.3, 0.4) is 0 Å². The van der Waals surface area contributed by atoms with Crippen LogP contribution < -0.4 is 0 Å². The highest BCUT2D eigenvalue weighted by Gasteiger charge is 2.39. The number of aromatic nitrogens is 2. The minimum atomic E-state index is -0.523. The molecule has 4 heteroatoms. The number of amides is 1. The standard InChI is InChI=1S/C10H13N3O/c1-10(2)8-7(4-11-6-12-8)5-13(3)9(10)14/h4,6H,5H2,1-3H3. The van der Waals surface area contributed by atoms with E-state index in [1.807, 2.05) is 13.8 Å². The van der Waals surface area contributed by atoms with Gasteiger partial charge in [0, 0.05) is 25.4 Å². The first-order valence-corrected chi connectivity index (χ1v) is 4.58. The van der Waals surface area contributed by atoms with Gasteiger partial charge in [0.25, 0.3) is 0 Å². The monoisotopic (exact) mass is 191 g/mol. The average Bonchev–Trinajstić information content (AvgIpc) is 2.15. The Balaban J connectivity index is 2.60. The van der Waals surface area contributed by atoms with Gasteiger partial charge in [0.2, 0.25) is 5.91 Å². The highest BCUT2D eigenvalue weighted by atomic mass is 16.2. The van der Waals surface area contributed by atoms with Crippen LogP contribution in [0.1, 0.15) is 25.1 Å². The zero-order valence-electron chi connectivity index (χ0n) is 8.61. The molecule has 0 aromatic carbocycles. The second kappa shape index (κ2) is 2.77. The van der Waals surface area contributed by atoms with Crippen molar-refractivity contribution in [3.63, 3.8) is 0 Å². The lowest BCUT2D eigenvalue weighted by Gasteiger charge is -2.35. The lowest BCUT2D eigenvalue weighted by molar-refractivity contribution is -0.136. The summed E-state index contributed by atoms with van der Waals surface area (Å²) in [5.74, 6) is 0.115. The van der Waals surface area contributed by atoms with Crippen LogP contribution in [0.5, 0.6) is 0 Å². The highest BCUT2D eigenvalue weighted by molar-refractivity contribution is 5.88. The van der Waals surface area contributed by atoms with E-state index in [1.54, 1.807) is 18.1 Å². The summed E-state index contributed by atoms with van der Waals surface area (Å²) in [4.78, 5) is 21.8. The zero-order valence-corrected chi connectivity index (χ0v) is 8.61. The van der Waals surface area contributed by atoms with Crippen molar-refractivity contribution < 1.29 is 4.79 Å². The van der Waals surface area contributed by atoms with E-state index >= 15 is 0 Å². The van der Waals surface area contributed by atoms with Crippen molar-refractivity contribution in [2.75, 3.05) is 7.05 Å². The number of carbonyl (C=O) groups excluding carboxylic acids is 1. The number of fused-ring (bicyclic) bond motifs is 1. The second-order valence-electron chi connectivity index (χ2n) is 4.18. The van der Waals surface area contributed by atoms with Crippen molar-refractivity contribution in [3.05, 3.63) is 23.8 Å². The van der Waals surface area contributed by atoms with Crippen LogP contribution in [0.25, 0.3) is 0 Å². The Kier molecular flexibility index (Phi) is 1.80. The fourth-order valence-electron chi connectivity index (χ4n) is 1.94. The van der Waals surface area contributed by atoms with E-state index in [4.69, 9.17) is 0 Å². The summed E-state index contributed by atoms with van der Waals surface area (Å²) in [7, 11) is 1.81. The van der Waals surface area contributed by atoms with Gasteiger partial charge in [0.05, 0.1) is 11.1 Å². The number of carbonyl (C=O) groups is 1. The number of likely N-dealkylation sites (N-methyl/N-ethyl adjacent to an activating group) is 1. The maximum absolute atomic E-state index is 11.9. The average molecular weight is 191 g/mol. The molecule has 1 aliphatic heterocycles. The Morgan fingerprint density at radius 2 is 2.21 bits per heavy atom. The predicted molar refractivity (Wildman–Crippen MR) is 51.5 cm³/mol. The van der Waals surface area contributed by atoms with Crippen LogP contribution in [0.2, 0.25) is 0 Å². The van der Waals surface area contributed by atoms with Crippen molar-refractivity contribution in [2.24, 2.45) is 0 Å². The van der Waals surface area contributed by atoms with Gasteiger partial charge in [-0.1, -0.05) is 0 Å². The van der Waals surface area contributed by atoms with E-state index in [9.17, 15) is 4.79 Å². The van der Waals surface area contributed by atoms with Crippen LogP contribution in [-0.2, 0) is 16.8 Å². The van der Waals surface area contributed by atoms with E-state index in [0.29, 0.717) is 6.54 Å². The fraction of sp³-hybridized carbons (Fsp3) is 0.500. The Morgan fingerprint density at radius 3 is 2.93 bits per heavy atom. The number of hydrogen-bond donors (Lipinski definition) is 0. The van der Waals surface area contributed by atoms with Crippen molar-refractivity contribution in [1.29, 1.82) is 0 Å². The van der Waals surface area contributed by atoms with E-state index < -0.39 is 5.41 Å².